The maximum atomic E-state index is 14.9. The van der Waals surface area contributed by atoms with Gasteiger partial charge in [-0.25, -0.2) is 9.18 Å². The van der Waals surface area contributed by atoms with E-state index in [-0.39, 0.29) is 18.1 Å². The number of amides is 2. The predicted octanol–water partition coefficient (Wildman–Crippen LogP) is 4.18. The van der Waals surface area contributed by atoms with Crippen molar-refractivity contribution in [2.45, 2.75) is 51.7 Å². The Morgan fingerprint density at radius 3 is 2.72 bits per heavy atom. The van der Waals surface area contributed by atoms with Gasteiger partial charge in [0.15, 0.2) is 0 Å². The van der Waals surface area contributed by atoms with E-state index in [0.717, 1.165) is 5.56 Å². The van der Waals surface area contributed by atoms with Gasteiger partial charge in [0.1, 0.15) is 23.3 Å². The molecule has 8 heteroatoms. The van der Waals surface area contributed by atoms with Crippen LogP contribution >= 0.6 is 0 Å². The van der Waals surface area contributed by atoms with Crippen LogP contribution in [-0.4, -0.2) is 53.7 Å². The summed E-state index contributed by atoms with van der Waals surface area (Å²) < 4.78 is 26.4. The molecule has 1 unspecified atom stereocenters. The third-order valence-electron chi connectivity index (χ3n) is 5.64. The number of halogens is 1. The lowest BCUT2D eigenvalue weighted by Gasteiger charge is -2.26. The zero-order chi connectivity index (χ0) is 23.0. The lowest BCUT2D eigenvalue weighted by atomic mass is 9.96. The van der Waals surface area contributed by atoms with Gasteiger partial charge < -0.3 is 19.3 Å². The van der Waals surface area contributed by atoms with Crippen LogP contribution in [0.15, 0.2) is 30.6 Å². The number of anilines is 1. The molecule has 0 radical (unpaired) electrons. The highest BCUT2D eigenvalue weighted by molar-refractivity contribution is 5.96. The average molecular weight is 442 g/mol. The van der Waals surface area contributed by atoms with Crippen molar-refractivity contribution in [3.63, 3.8) is 0 Å². The summed E-state index contributed by atoms with van der Waals surface area (Å²) in [6.07, 6.45) is 4.31. The number of ether oxygens (including phenoxy) is 2. The van der Waals surface area contributed by atoms with Crippen molar-refractivity contribution in [3.8, 4) is 16.9 Å². The van der Waals surface area contributed by atoms with E-state index in [4.69, 9.17) is 9.47 Å². The first-order chi connectivity index (χ1) is 15.1. The smallest absolute Gasteiger partial charge is 0.410 e. The summed E-state index contributed by atoms with van der Waals surface area (Å²) in [6.45, 7) is 6.48. The molecule has 2 aliphatic rings. The van der Waals surface area contributed by atoms with Crippen molar-refractivity contribution in [2.75, 3.05) is 25.0 Å². The fourth-order valence-electron chi connectivity index (χ4n) is 4.02. The van der Waals surface area contributed by atoms with Gasteiger partial charge in [0.2, 0.25) is 5.91 Å². The van der Waals surface area contributed by atoms with E-state index in [1.165, 1.54) is 11.0 Å². The summed E-state index contributed by atoms with van der Waals surface area (Å²) in [5.74, 6) is 0.0860. The molecule has 0 aliphatic carbocycles. The van der Waals surface area contributed by atoms with Crippen LogP contribution in [0.2, 0.25) is 0 Å². The van der Waals surface area contributed by atoms with E-state index < -0.39 is 11.4 Å². The van der Waals surface area contributed by atoms with Crippen molar-refractivity contribution in [1.82, 2.24) is 9.88 Å². The van der Waals surface area contributed by atoms with Crippen molar-refractivity contribution >= 4 is 17.7 Å². The molecule has 4 rings (SSSR count). The number of likely N-dealkylation sites (tertiary alicyclic amines) is 1. The molecule has 7 nitrogen and oxygen atoms in total. The minimum Gasteiger partial charge on any atom is -0.487 e. The standard InChI is InChI=1S/C24H28FN3O4/c1-24(2,3)32-23(30)28-8-7-17(14-28)31-18-9-16(12-26-13-18)19-10-15-5-6-22(29)27(4)21(15)11-20(19)25/h9-13,17H,5-8,14H2,1-4H3. The molecule has 1 aromatic carbocycles. The van der Waals surface area contributed by atoms with E-state index in [1.54, 1.807) is 36.5 Å². The second-order valence-electron chi connectivity index (χ2n) is 9.28. The third-order valence-corrected chi connectivity index (χ3v) is 5.64. The average Bonchev–Trinajstić information content (AvgIpc) is 3.18. The van der Waals surface area contributed by atoms with E-state index >= 15 is 0 Å². The molecule has 2 aliphatic heterocycles. The van der Waals surface area contributed by atoms with Crippen LogP contribution in [0.3, 0.4) is 0 Å². The van der Waals surface area contributed by atoms with Gasteiger partial charge in [0.05, 0.1) is 12.7 Å². The molecule has 2 amide bonds. The molecule has 3 heterocycles. The Morgan fingerprint density at radius 1 is 1.19 bits per heavy atom. The summed E-state index contributed by atoms with van der Waals surface area (Å²) >= 11 is 0. The van der Waals surface area contributed by atoms with Crippen LogP contribution in [0.5, 0.6) is 5.75 Å². The normalized spacial score (nSPS) is 18.5. The first-order valence-corrected chi connectivity index (χ1v) is 10.8. The molecule has 2 aromatic rings. The second kappa shape index (κ2) is 8.41. The predicted molar refractivity (Wildman–Crippen MR) is 118 cm³/mol. The van der Waals surface area contributed by atoms with Crippen LogP contribution in [-0.2, 0) is 16.0 Å². The molecule has 1 aromatic heterocycles. The maximum absolute atomic E-state index is 14.9. The van der Waals surface area contributed by atoms with E-state index in [9.17, 15) is 14.0 Å². The van der Waals surface area contributed by atoms with Gasteiger partial charge in [-0.1, -0.05) is 0 Å². The van der Waals surface area contributed by atoms with Gasteiger partial charge in [-0.3, -0.25) is 9.78 Å². The quantitative estimate of drug-likeness (QED) is 0.714. The van der Waals surface area contributed by atoms with Crippen molar-refractivity contribution in [1.29, 1.82) is 0 Å². The highest BCUT2D eigenvalue weighted by Crippen LogP contribution is 2.34. The number of nitrogens with zero attached hydrogens (tertiary/aromatic N) is 3. The maximum Gasteiger partial charge on any atom is 0.410 e. The summed E-state index contributed by atoms with van der Waals surface area (Å²) in [5, 5.41) is 0. The number of pyridine rings is 1. The monoisotopic (exact) mass is 441 g/mol. The first kappa shape index (κ1) is 22.0. The molecular weight excluding hydrogens is 413 g/mol. The zero-order valence-electron chi connectivity index (χ0n) is 18.9. The number of fused-ring (bicyclic) bond motifs is 1. The number of aryl methyl sites for hydroxylation is 1. The summed E-state index contributed by atoms with van der Waals surface area (Å²) in [6, 6.07) is 4.95. The molecule has 1 atom stereocenters. The highest BCUT2D eigenvalue weighted by atomic mass is 19.1. The SMILES string of the molecule is CN1C(=O)CCc2cc(-c3cncc(OC4CCN(C(=O)OC(C)(C)C)C4)c3)c(F)cc21. The van der Waals surface area contributed by atoms with E-state index in [0.29, 0.717) is 54.9 Å². The third kappa shape index (κ3) is 4.69. The van der Waals surface area contributed by atoms with Gasteiger partial charge in [0, 0.05) is 49.4 Å². The molecule has 1 saturated heterocycles. The van der Waals surface area contributed by atoms with E-state index in [1.807, 2.05) is 20.8 Å². The van der Waals surface area contributed by atoms with Crippen molar-refractivity contribution in [3.05, 3.63) is 42.0 Å². The van der Waals surface area contributed by atoms with Gasteiger partial charge in [-0.15, -0.1) is 0 Å². The number of hydrogen-bond donors (Lipinski definition) is 0. The minimum absolute atomic E-state index is 0.0151. The van der Waals surface area contributed by atoms with Gasteiger partial charge in [-0.05, 0) is 51.0 Å². The van der Waals surface area contributed by atoms with Crippen LogP contribution in [0.4, 0.5) is 14.9 Å². The second-order valence-corrected chi connectivity index (χ2v) is 9.28. The van der Waals surface area contributed by atoms with Crippen LogP contribution in [0.25, 0.3) is 11.1 Å². The number of benzene rings is 1. The highest BCUT2D eigenvalue weighted by Gasteiger charge is 2.31. The number of hydrogen-bond acceptors (Lipinski definition) is 5. The topological polar surface area (TPSA) is 72.0 Å². The largest absolute Gasteiger partial charge is 0.487 e. The molecular formula is C24H28FN3O4. The van der Waals surface area contributed by atoms with Gasteiger partial charge >= 0.3 is 6.09 Å². The fourth-order valence-corrected chi connectivity index (χ4v) is 4.02. The molecule has 0 bridgehead atoms. The Labute approximate surface area is 187 Å². The van der Waals surface area contributed by atoms with Crippen LogP contribution < -0.4 is 9.64 Å². The van der Waals surface area contributed by atoms with E-state index in [2.05, 4.69) is 4.98 Å². The Bertz CT molecular complexity index is 1050. The molecule has 0 N–H and O–H groups in total. The zero-order valence-corrected chi connectivity index (χ0v) is 18.9. The summed E-state index contributed by atoms with van der Waals surface area (Å²) in [5.41, 5.74) is 2.01. The van der Waals surface area contributed by atoms with Crippen molar-refractivity contribution < 1.29 is 23.5 Å². The molecule has 0 saturated carbocycles. The number of rotatable bonds is 3. The van der Waals surface area contributed by atoms with Gasteiger partial charge in [-0.2, -0.15) is 0 Å². The van der Waals surface area contributed by atoms with Crippen LogP contribution in [0, 0.1) is 5.82 Å². The minimum atomic E-state index is -0.546. The first-order valence-electron chi connectivity index (χ1n) is 10.8. The van der Waals surface area contributed by atoms with Crippen molar-refractivity contribution in [2.24, 2.45) is 0 Å². The Hall–Kier alpha value is -3.16. The Balaban J connectivity index is 1.48. The fraction of sp³-hybridized carbons (Fsp3) is 0.458. The number of aromatic nitrogens is 1. The molecule has 1 fully saturated rings. The van der Waals surface area contributed by atoms with Gasteiger partial charge in [0.25, 0.3) is 0 Å². The Morgan fingerprint density at radius 2 is 1.97 bits per heavy atom. The lowest BCUT2D eigenvalue weighted by Crippen LogP contribution is -2.36. The summed E-state index contributed by atoms with van der Waals surface area (Å²) in [4.78, 5) is 31.5. The Kier molecular flexibility index (Phi) is 5.79. The lowest BCUT2D eigenvalue weighted by molar-refractivity contribution is -0.118. The van der Waals surface area contributed by atoms with Crippen LogP contribution in [0.1, 0.15) is 39.2 Å². The summed E-state index contributed by atoms with van der Waals surface area (Å²) in [7, 11) is 1.66. The molecule has 32 heavy (non-hydrogen) atoms. The number of carbonyl (C=O) groups excluding carboxylic acids is 2. The molecule has 170 valence electrons. The number of carbonyl (C=O) groups is 2. The molecule has 0 spiro atoms.